The van der Waals surface area contributed by atoms with Crippen LogP contribution in [0.25, 0.3) is 22.2 Å². The van der Waals surface area contributed by atoms with Gasteiger partial charge in [0.2, 0.25) is 0 Å². The summed E-state index contributed by atoms with van der Waals surface area (Å²) in [5, 5.41) is 4.29. The van der Waals surface area contributed by atoms with Gasteiger partial charge < -0.3 is 5.32 Å². The zero-order valence-corrected chi connectivity index (χ0v) is 16.8. The van der Waals surface area contributed by atoms with Gasteiger partial charge in [0.25, 0.3) is 5.91 Å². The maximum absolute atomic E-state index is 13.1. The molecular formula is C21H19ClN2O3S. The molecule has 0 radical (unpaired) electrons. The number of nitrogens with one attached hydrogen (secondary N) is 1. The van der Waals surface area contributed by atoms with Crippen molar-refractivity contribution in [2.45, 2.75) is 18.9 Å². The first-order valence-corrected chi connectivity index (χ1v) is 11.1. The fourth-order valence-electron chi connectivity index (χ4n) is 3.58. The van der Waals surface area contributed by atoms with Crippen molar-refractivity contribution in [3.05, 3.63) is 65.2 Å². The first-order valence-electron chi connectivity index (χ1n) is 8.93. The lowest BCUT2D eigenvalue weighted by Gasteiger charge is -2.24. The SMILES string of the molecule is CC1(NC(=O)c2cc(-c3ccc(Cl)cc3)nc3ccccc23)CCS(=O)(=O)C1. The highest BCUT2D eigenvalue weighted by molar-refractivity contribution is 7.91. The molecule has 2 aromatic carbocycles. The number of halogens is 1. The van der Waals surface area contributed by atoms with E-state index in [1.54, 1.807) is 25.1 Å². The molecule has 3 aromatic rings. The number of hydrogen-bond donors (Lipinski definition) is 1. The topological polar surface area (TPSA) is 76.1 Å². The normalized spacial score (nSPS) is 20.9. The highest BCUT2D eigenvalue weighted by atomic mass is 35.5. The molecule has 1 aliphatic rings. The number of fused-ring (bicyclic) bond motifs is 1. The third kappa shape index (κ3) is 3.75. The summed E-state index contributed by atoms with van der Waals surface area (Å²) in [6, 6.07) is 16.4. The van der Waals surface area contributed by atoms with Crippen LogP contribution in [0.1, 0.15) is 23.7 Å². The van der Waals surface area contributed by atoms with Crippen LogP contribution in [0, 0.1) is 0 Å². The molecule has 2 heterocycles. The number of pyridine rings is 1. The quantitative estimate of drug-likeness (QED) is 0.706. The van der Waals surface area contributed by atoms with Crippen molar-refractivity contribution in [1.82, 2.24) is 10.3 Å². The molecule has 1 N–H and O–H groups in total. The van der Waals surface area contributed by atoms with E-state index in [9.17, 15) is 13.2 Å². The van der Waals surface area contributed by atoms with Crippen LogP contribution >= 0.6 is 11.6 Å². The van der Waals surface area contributed by atoms with Gasteiger partial charge in [0.1, 0.15) is 0 Å². The largest absolute Gasteiger partial charge is 0.346 e. The van der Waals surface area contributed by atoms with Crippen molar-refractivity contribution in [2.24, 2.45) is 0 Å². The summed E-state index contributed by atoms with van der Waals surface area (Å²) < 4.78 is 23.7. The number of nitrogens with zero attached hydrogens (tertiary/aromatic N) is 1. The summed E-state index contributed by atoms with van der Waals surface area (Å²) in [6.07, 6.45) is 0.411. The van der Waals surface area contributed by atoms with Crippen LogP contribution in [0.5, 0.6) is 0 Å². The first-order chi connectivity index (χ1) is 13.2. The molecule has 1 atom stereocenters. The fourth-order valence-corrected chi connectivity index (χ4v) is 5.80. The third-order valence-electron chi connectivity index (χ3n) is 5.02. The average molecular weight is 415 g/mol. The molecule has 1 unspecified atom stereocenters. The minimum absolute atomic E-state index is 0.0429. The Morgan fingerprint density at radius 2 is 1.86 bits per heavy atom. The minimum Gasteiger partial charge on any atom is -0.346 e. The van der Waals surface area contributed by atoms with E-state index in [0.29, 0.717) is 28.2 Å². The summed E-state index contributed by atoms with van der Waals surface area (Å²) in [7, 11) is -3.12. The molecule has 0 saturated carbocycles. The number of benzene rings is 2. The number of amides is 1. The fraction of sp³-hybridized carbons (Fsp3) is 0.238. The van der Waals surface area contributed by atoms with Crippen LogP contribution < -0.4 is 5.32 Å². The number of aromatic nitrogens is 1. The van der Waals surface area contributed by atoms with E-state index in [-0.39, 0.29) is 17.4 Å². The van der Waals surface area contributed by atoms with Crippen LogP contribution in [0.3, 0.4) is 0 Å². The predicted octanol–water partition coefficient (Wildman–Crippen LogP) is 3.86. The third-order valence-corrected chi connectivity index (χ3v) is 7.17. The lowest BCUT2D eigenvalue weighted by atomic mass is 9.99. The van der Waals surface area contributed by atoms with E-state index >= 15 is 0 Å². The summed E-state index contributed by atoms with van der Waals surface area (Å²) in [5.41, 5.74) is 1.91. The van der Waals surface area contributed by atoms with Gasteiger partial charge in [0.15, 0.2) is 9.84 Å². The molecule has 1 aromatic heterocycles. The van der Waals surface area contributed by atoms with Crippen LogP contribution in [0.15, 0.2) is 54.6 Å². The predicted molar refractivity (Wildman–Crippen MR) is 111 cm³/mol. The summed E-state index contributed by atoms with van der Waals surface area (Å²) >= 11 is 5.98. The maximum atomic E-state index is 13.1. The number of para-hydroxylation sites is 1. The maximum Gasteiger partial charge on any atom is 0.252 e. The van der Waals surface area contributed by atoms with Crippen molar-refractivity contribution >= 4 is 38.2 Å². The molecule has 5 nitrogen and oxygen atoms in total. The summed E-state index contributed by atoms with van der Waals surface area (Å²) in [4.78, 5) is 17.8. The number of rotatable bonds is 3. The van der Waals surface area contributed by atoms with Gasteiger partial charge in [-0.3, -0.25) is 4.79 Å². The molecule has 0 aliphatic carbocycles. The summed E-state index contributed by atoms with van der Waals surface area (Å²) in [6.45, 7) is 1.78. The van der Waals surface area contributed by atoms with Gasteiger partial charge in [-0.2, -0.15) is 0 Å². The van der Waals surface area contributed by atoms with E-state index in [1.807, 2.05) is 36.4 Å². The Kier molecular flexibility index (Phi) is 4.63. The van der Waals surface area contributed by atoms with E-state index in [2.05, 4.69) is 10.3 Å². The Morgan fingerprint density at radius 1 is 1.14 bits per heavy atom. The van der Waals surface area contributed by atoms with Gasteiger partial charge in [0, 0.05) is 16.0 Å². The standard InChI is InChI=1S/C21H19ClN2O3S/c1-21(10-11-28(26,27)13-21)24-20(25)17-12-19(14-6-8-15(22)9-7-14)23-18-5-3-2-4-16(17)18/h2-9,12H,10-11,13H2,1H3,(H,24,25). The second kappa shape index (κ2) is 6.87. The Labute approximate surface area is 168 Å². The van der Waals surface area contributed by atoms with Gasteiger partial charge in [-0.15, -0.1) is 0 Å². The molecule has 4 rings (SSSR count). The van der Waals surface area contributed by atoms with Gasteiger partial charge in [-0.05, 0) is 37.6 Å². The highest BCUT2D eigenvalue weighted by Crippen LogP contribution is 2.28. The second-order valence-electron chi connectivity index (χ2n) is 7.44. The monoisotopic (exact) mass is 414 g/mol. The molecule has 0 bridgehead atoms. The van der Waals surface area contributed by atoms with Gasteiger partial charge in [0.05, 0.1) is 33.8 Å². The molecule has 144 valence electrons. The van der Waals surface area contributed by atoms with E-state index in [0.717, 1.165) is 10.9 Å². The molecular weight excluding hydrogens is 396 g/mol. The number of carbonyl (C=O) groups is 1. The van der Waals surface area contributed by atoms with Crippen LogP contribution in [0.4, 0.5) is 0 Å². The van der Waals surface area contributed by atoms with Crippen molar-refractivity contribution in [1.29, 1.82) is 0 Å². The zero-order valence-electron chi connectivity index (χ0n) is 15.3. The zero-order chi connectivity index (χ0) is 19.9. The van der Waals surface area contributed by atoms with Crippen molar-refractivity contribution < 1.29 is 13.2 Å². The Balaban J connectivity index is 1.77. The highest BCUT2D eigenvalue weighted by Gasteiger charge is 2.39. The van der Waals surface area contributed by atoms with E-state index < -0.39 is 15.4 Å². The number of carbonyl (C=O) groups excluding carboxylic acids is 1. The number of sulfone groups is 1. The first kappa shape index (κ1) is 18.9. The van der Waals surface area contributed by atoms with Crippen molar-refractivity contribution in [2.75, 3.05) is 11.5 Å². The van der Waals surface area contributed by atoms with Gasteiger partial charge in [-0.25, -0.2) is 13.4 Å². The molecule has 1 amide bonds. The molecule has 0 spiro atoms. The van der Waals surface area contributed by atoms with E-state index in [1.165, 1.54) is 0 Å². The Morgan fingerprint density at radius 3 is 2.54 bits per heavy atom. The van der Waals surface area contributed by atoms with Crippen LogP contribution in [-0.2, 0) is 9.84 Å². The molecule has 1 fully saturated rings. The Hall–Kier alpha value is -2.44. The van der Waals surface area contributed by atoms with Crippen molar-refractivity contribution in [3.63, 3.8) is 0 Å². The second-order valence-corrected chi connectivity index (χ2v) is 10.1. The van der Waals surface area contributed by atoms with Gasteiger partial charge >= 0.3 is 0 Å². The van der Waals surface area contributed by atoms with Crippen molar-refractivity contribution in [3.8, 4) is 11.3 Å². The summed E-state index contributed by atoms with van der Waals surface area (Å²) in [5.74, 6) is -0.246. The van der Waals surface area contributed by atoms with E-state index in [4.69, 9.17) is 11.6 Å². The molecule has 7 heteroatoms. The number of hydrogen-bond acceptors (Lipinski definition) is 4. The smallest absolute Gasteiger partial charge is 0.252 e. The molecule has 1 saturated heterocycles. The lowest BCUT2D eigenvalue weighted by Crippen LogP contribution is -2.47. The minimum atomic E-state index is -3.12. The molecule has 1 aliphatic heterocycles. The lowest BCUT2D eigenvalue weighted by molar-refractivity contribution is 0.0917. The molecule has 28 heavy (non-hydrogen) atoms. The Bertz CT molecular complexity index is 1180. The van der Waals surface area contributed by atoms with Crippen LogP contribution in [0.2, 0.25) is 5.02 Å². The average Bonchev–Trinajstić information content (AvgIpc) is 2.94. The van der Waals surface area contributed by atoms with Crippen LogP contribution in [-0.4, -0.2) is 36.4 Å². The van der Waals surface area contributed by atoms with Gasteiger partial charge in [-0.1, -0.05) is 41.9 Å².